The van der Waals surface area contributed by atoms with Crippen molar-refractivity contribution in [3.05, 3.63) is 0 Å². The normalized spacial score (nSPS) is 12.5. The van der Waals surface area contributed by atoms with Gasteiger partial charge in [-0.2, -0.15) is 0 Å². The highest BCUT2D eigenvalue weighted by molar-refractivity contribution is 5.85. The molecule has 0 aromatic carbocycles. The van der Waals surface area contributed by atoms with Crippen LogP contribution in [0.2, 0.25) is 0 Å². The first-order valence-electron chi connectivity index (χ1n) is 5.50. The van der Waals surface area contributed by atoms with Crippen molar-refractivity contribution in [3.8, 4) is 0 Å². The fraction of sp³-hybridized carbons (Fsp3) is 0.833. The Balaban J connectivity index is 0. The molecule has 0 amide bonds. The molecule has 90 valence electrons. The van der Waals surface area contributed by atoms with Gasteiger partial charge in [0.2, 0.25) is 0 Å². The van der Waals surface area contributed by atoms with Gasteiger partial charge in [-0.3, -0.25) is 9.59 Å². The minimum Gasteiger partial charge on any atom is -0.311 e. The molecule has 0 rings (SSSR count). The molecule has 0 saturated heterocycles. The molecule has 0 aliphatic rings. The Bertz CT molecular complexity index is 210. The predicted octanol–water partition coefficient (Wildman–Crippen LogP) is 2.19. The molecule has 15 heavy (non-hydrogen) atoms. The van der Waals surface area contributed by atoms with Crippen LogP contribution in [0.3, 0.4) is 0 Å². The average molecular weight is 215 g/mol. The lowest BCUT2D eigenvalue weighted by atomic mass is 9.81. The van der Waals surface area contributed by atoms with E-state index < -0.39 is 5.41 Å². The van der Waals surface area contributed by atoms with Gasteiger partial charge in [-0.1, -0.05) is 27.7 Å². The lowest BCUT2D eigenvalue weighted by molar-refractivity contribution is -0.126. The summed E-state index contributed by atoms with van der Waals surface area (Å²) in [5, 5.41) is 2.91. The Morgan fingerprint density at radius 2 is 1.60 bits per heavy atom. The van der Waals surface area contributed by atoms with Crippen LogP contribution in [-0.2, 0) is 9.59 Å². The first-order chi connectivity index (χ1) is 6.81. The van der Waals surface area contributed by atoms with E-state index in [0.717, 1.165) is 0 Å². The second kappa shape index (κ2) is 7.57. The molecule has 0 aliphatic carbocycles. The largest absolute Gasteiger partial charge is 0.311 e. The summed E-state index contributed by atoms with van der Waals surface area (Å²) in [6, 6.07) is -0.209. The fourth-order valence-electron chi connectivity index (χ4n) is 1.10. The third kappa shape index (κ3) is 6.39. The number of rotatable bonds is 5. The van der Waals surface area contributed by atoms with E-state index in [-0.39, 0.29) is 17.6 Å². The highest BCUT2D eigenvalue weighted by Gasteiger charge is 2.28. The van der Waals surface area contributed by atoms with Crippen molar-refractivity contribution >= 4 is 11.6 Å². The minimum absolute atomic E-state index is 0.0804. The van der Waals surface area contributed by atoms with Gasteiger partial charge in [0, 0.05) is 5.41 Å². The van der Waals surface area contributed by atoms with Gasteiger partial charge in [-0.05, 0) is 27.3 Å². The van der Waals surface area contributed by atoms with Crippen LogP contribution in [0.15, 0.2) is 0 Å². The Labute approximate surface area is 93.6 Å². The van der Waals surface area contributed by atoms with Crippen molar-refractivity contribution in [3.63, 3.8) is 0 Å². The van der Waals surface area contributed by atoms with Crippen LogP contribution in [0.4, 0.5) is 0 Å². The van der Waals surface area contributed by atoms with Gasteiger partial charge < -0.3 is 5.32 Å². The number of carbonyl (C=O) groups is 2. The Hall–Kier alpha value is -0.700. The van der Waals surface area contributed by atoms with Gasteiger partial charge in [0.15, 0.2) is 0 Å². The summed E-state index contributed by atoms with van der Waals surface area (Å²) in [5.74, 6) is 0.200. The molecule has 3 heteroatoms. The summed E-state index contributed by atoms with van der Waals surface area (Å²) in [4.78, 5) is 22.3. The van der Waals surface area contributed by atoms with Crippen molar-refractivity contribution < 1.29 is 9.59 Å². The first kappa shape index (κ1) is 16.7. The molecule has 0 bridgehead atoms. The van der Waals surface area contributed by atoms with E-state index in [0.29, 0.717) is 6.42 Å². The fourth-order valence-corrected chi connectivity index (χ4v) is 1.10. The number of nitrogens with one attached hydrogen (secondary N) is 1. The SMILES string of the molecule is CC.CNC(CC(C)(C)C(C)=O)C(C)=O. The minimum atomic E-state index is -0.417. The summed E-state index contributed by atoms with van der Waals surface area (Å²) in [6.07, 6.45) is 0.564. The first-order valence-corrected chi connectivity index (χ1v) is 5.50. The van der Waals surface area contributed by atoms with Crippen LogP contribution in [0.25, 0.3) is 0 Å². The van der Waals surface area contributed by atoms with Crippen molar-refractivity contribution in [2.24, 2.45) is 5.41 Å². The van der Waals surface area contributed by atoms with E-state index in [1.807, 2.05) is 27.7 Å². The maximum atomic E-state index is 11.2. The predicted molar refractivity (Wildman–Crippen MR) is 64.0 cm³/mol. The monoisotopic (exact) mass is 215 g/mol. The summed E-state index contributed by atoms with van der Waals surface area (Å²) in [6.45, 7) is 10.8. The number of ketones is 2. The lowest BCUT2D eigenvalue weighted by Gasteiger charge is -2.25. The van der Waals surface area contributed by atoms with E-state index in [1.165, 1.54) is 6.92 Å². The standard InChI is InChI=1S/C10H19NO2.C2H6/c1-7(12)9(11-5)6-10(3,4)8(2)13;1-2/h9,11H,6H2,1-5H3;1-2H3. The van der Waals surface area contributed by atoms with Gasteiger partial charge in [0.1, 0.15) is 11.6 Å². The van der Waals surface area contributed by atoms with E-state index in [9.17, 15) is 9.59 Å². The molecule has 0 aromatic heterocycles. The molecule has 1 N–H and O–H groups in total. The molecular weight excluding hydrogens is 190 g/mol. The number of Topliss-reactive ketones (excluding diaryl/α,β-unsaturated/α-hetero) is 2. The number of carbonyl (C=O) groups excluding carboxylic acids is 2. The third-order valence-corrected chi connectivity index (χ3v) is 2.51. The van der Waals surface area contributed by atoms with Crippen LogP contribution < -0.4 is 5.32 Å². The summed E-state index contributed by atoms with van der Waals surface area (Å²) < 4.78 is 0. The highest BCUT2D eigenvalue weighted by atomic mass is 16.1. The lowest BCUT2D eigenvalue weighted by Crippen LogP contribution is -2.39. The Kier molecular flexibility index (Phi) is 8.44. The molecule has 0 aromatic rings. The zero-order valence-electron chi connectivity index (χ0n) is 11.1. The van der Waals surface area contributed by atoms with Gasteiger partial charge in [-0.15, -0.1) is 0 Å². The molecule has 0 aliphatic heterocycles. The molecule has 0 radical (unpaired) electrons. The molecule has 0 heterocycles. The van der Waals surface area contributed by atoms with Crippen LogP contribution in [-0.4, -0.2) is 24.7 Å². The van der Waals surface area contributed by atoms with Gasteiger partial charge in [0.25, 0.3) is 0 Å². The van der Waals surface area contributed by atoms with E-state index in [2.05, 4.69) is 5.32 Å². The van der Waals surface area contributed by atoms with Gasteiger partial charge in [0.05, 0.1) is 6.04 Å². The smallest absolute Gasteiger partial charge is 0.146 e. The quantitative estimate of drug-likeness (QED) is 0.764. The van der Waals surface area contributed by atoms with Crippen LogP contribution in [0, 0.1) is 5.41 Å². The van der Waals surface area contributed by atoms with Gasteiger partial charge >= 0.3 is 0 Å². The van der Waals surface area contributed by atoms with Gasteiger partial charge in [-0.25, -0.2) is 0 Å². The second-order valence-corrected chi connectivity index (χ2v) is 4.10. The van der Waals surface area contributed by atoms with Crippen LogP contribution in [0.5, 0.6) is 0 Å². The summed E-state index contributed by atoms with van der Waals surface area (Å²) >= 11 is 0. The van der Waals surface area contributed by atoms with Crippen molar-refractivity contribution in [1.82, 2.24) is 5.32 Å². The summed E-state index contributed by atoms with van der Waals surface area (Å²) in [7, 11) is 1.74. The molecule has 0 fully saturated rings. The Morgan fingerprint density at radius 3 is 1.80 bits per heavy atom. The Morgan fingerprint density at radius 1 is 1.20 bits per heavy atom. The highest BCUT2D eigenvalue weighted by Crippen LogP contribution is 2.23. The molecule has 1 unspecified atom stereocenters. The average Bonchev–Trinajstić information content (AvgIpc) is 2.16. The van der Waals surface area contributed by atoms with E-state index in [1.54, 1.807) is 14.0 Å². The molecule has 0 saturated carbocycles. The zero-order chi connectivity index (χ0) is 12.6. The molecular formula is C12H25NO2. The molecule has 3 nitrogen and oxygen atoms in total. The number of hydrogen-bond donors (Lipinski definition) is 1. The second-order valence-electron chi connectivity index (χ2n) is 4.10. The maximum Gasteiger partial charge on any atom is 0.146 e. The topological polar surface area (TPSA) is 46.2 Å². The van der Waals surface area contributed by atoms with Crippen molar-refractivity contribution in [2.75, 3.05) is 7.05 Å². The van der Waals surface area contributed by atoms with Crippen LogP contribution in [0.1, 0.15) is 48.0 Å². The zero-order valence-corrected chi connectivity index (χ0v) is 11.1. The number of hydrogen-bond acceptors (Lipinski definition) is 3. The van der Waals surface area contributed by atoms with Crippen LogP contribution >= 0.6 is 0 Å². The van der Waals surface area contributed by atoms with E-state index in [4.69, 9.17) is 0 Å². The van der Waals surface area contributed by atoms with Crippen molar-refractivity contribution in [2.45, 2.75) is 54.0 Å². The maximum absolute atomic E-state index is 11.2. The number of likely N-dealkylation sites (N-methyl/N-ethyl adjacent to an activating group) is 1. The molecule has 1 atom stereocenters. The third-order valence-electron chi connectivity index (χ3n) is 2.51. The molecule has 0 spiro atoms. The summed E-state index contributed by atoms with van der Waals surface area (Å²) in [5.41, 5.74) is -0.417. The van der Waals surface area contributed by atoms with E-state index >= 15 is 0 Å². The van der Waals surface area contributed by atoms with Crippen molar-refractivity contribution in [1.29, 1.82) is 0 Å².